The van der Waals surface area contributed by atoms with Crippen molar-refractivity contribution in [3.05, 3.63) is 0 Å². The Hall–Kier alpha value is -1.48. The van der Waals surface area contributed by atoms with Gasteiger partial charge in [-0.1, -0.05) is 0 Å². The molecule has 2 amide bonds. The van der Waals surface area contributed by atoms with Crippen LogP contribution in [-0.2, 0) is 14.3 Å². The van der Waals surface area contributed by atoms with Crippen LogP contribution in [0.2, 0.25) is 0 Å². The lowest BCUT2D eigenvalue weighted by Gasteiger charge is -2.49. The molecule has 22 heavy (non-hydrogen) atoms. The van der Waals surface area contributed by atoms with Crippen molar-refractivity contribution in [2.24, 2.45) is 0 Å². The summed E-state index contributed by atoms with van der Waals surface area (Å²) in [5.74, 6) is -0.582. The third kappa shape index (κ3) is 3.64. The van der Waals surface area contributed by atoms with E-state index >= 15 is 0 Å². The number of β-amino-alcohol motifs (C(OH)–C–C–N with tert-alkyl or cyclic N) is 1. The van der Waals surface area contributed by atoms with Gasteiger partial charge in [0.05, 0.1) is 19.2 Å². The highest BCUT2D eigenvalue weighted by molar-refractivity contribution is 5.89. The number of hydrogen-bond acceptors (Lipinski definition) is 5. The molecular weight excluding hydrogens is 302 g/mol. The number of carbonyl (C=O) groups is 2. The maximum absolute atomic E-state index is 12.1. The Labute approximate surface area is 126 Å². The van der Waals surface area contributed by atoms with Crippen LogP contribution in [0.1, 0.15) is 20.8 Å². The van der Waals surface area contributed by atoms with E-state index in [1.54, 1.807) is 20.8 Å². The maximum Gasteiger partial charge on any atom is 0.410 e. The first-order chi connectivity index (χ1) is 10.00. The predicted octanol–water partition coefficient (Wildman–Crippen LogP) is 0.418. The van der Waals surface area contributed by atoms with Crippen molar-refractivity contribution < 1.29 is 33.0 Å². The van der Waals surface area contributed by atoms with Crippen molar-refractivity contribution >= 4 is 12.0 Å². The summed E-state index contributed by atoms with van der Waals surface area (Å²) < 4.78 is 33.4. The summed E-state index contributed by atoms with van der Waals surface area (Å²) in [6.45, 7) is 1.95. The minimum Gasteiger partial charge on any atom is -0.444 e. The first-order valence-electron chi connectivity index (χ1n) is 6.93. The van der Waals surface area contributed by atoms with Crippen LogP contribution in [0.5, 0.6) is 0 Å². The molecule has 2 fully saturated rings. The maximum atomic E-state index is 12.1. The zero-order valence-corrected chi connectivity index (χ0v) is 12.7. The molecule has 0 unspecified atom stereocenters. The summed E-state index contributed by atoms with van der Waals surface area (Å²) in [5, 5.41) is 10.2. The quantitative estimate of drug-likeness (QED) is 0.814. The van der Waals surface area contributed by atoms with Crippen molar-refractivity contribution in [3.8, 4) is 0 Å². The van der Waals surface area contributed by atoms with E-state index in [1.807, 2.05) is 0 Å². The molecule has 0 aromatic heterocycles. The molecule has 0 saturated carbocycles. The van der Waals surface area contributed by atoms with E-state index in [0.29, 0.717) is 0 Å². The molecule has 0 bridgehead atoms. The molecule has 2 saturated heterocycles. The largest absolute Gasteiger partial charge is 0.444 e. The van der Waals surface area contributed by atoms with Gasteiger partial charge in [0.2, 0.25) is 0 Å². The number of ether oxygens (including phenoxy) is 2. The van der Waals surface area contributed by atoms with Gasteiger partial charge in [-0.25, -0.2) is 4.79 Å². The Morgan fingerprint density at radius 1 is 1.23 bits per heavy atom. The van der Waals surface area contributed by atoms with Gasteiger partial charge in [-0.05, 0) is 20.8 Å². The Kier molecular flexibility index (Phi) is 4.31. The zero-order chi connectivity index (χ0) is 16.7. The molecule has 0 radical (unpaired) electrons. The SMILES string of the molecule is CC(C)(C)OC(=O)N1CC(O)(C(=O)N2CC(OC(F)F)C2)C1. The highest BCUT2D eigenvalue weighted by atomic mass is 19.3. The van der Waals surface area contributed by atoms with Crippen molar-refractivity contribution in [1.82, 2.24) is 9.80 Å². The predicted molar refractivity (Wildman–Crippen MR) is 70.2 cm³/mol. The summed E-state index contributed by atoms with van der Waals surface area (Å²) in [5.41, 5.74) is -2.33. The molecule has 126 valence electrons. The van der Waals surface area contributed by atoms with E-state index in [1.165, 1.54) is 9.80 Å². The first kappa shape index (κ1) is 16.9. The molecule has 0 aromatic carbocycles. The fourth-order valence-corrected chi connectivity index (χ4v) is 2.31. The molecule has 7 nitrogen and oxygen atoms in total. The molecule has 2 aliphatic rings. The Bertz CT molecular complexity index is 454. The van der Waals surface area contributed by atoms with Crippen molar-refractivity contribution in [3.63, 3.8) is 0 Å². The number of aliphatic hydroxyl groups is 1. The molecular formula is C13H20F2N2O5. The van der Waals surface area contributed by atoms with Gasteiger partial charge in [-0.2, -0.15) is 8.78 Å². The third-order valence-corrected chi connectivity index (χ3v) is 3.39. The van der Waals surface area contributed by atoms with Gasteiger partial charge in [0, 0.05) is 13.1 Å². The van der Waals surface area contributed by atoms with Crippen LogP contribution in [0.15, 0.2) is 0 Å². The van der Waals surface area contributed by atoms with Crippen LogP contribution >= 0.6 is 0 Å². The van der Waals surface area contributed by atoms with E-state index < -0.39 is 35.9 Å². The smallest absolute Gasteiger partial charge is 0.410 e. The molecule has 9 heteroatoms. The monoisotopic (exact) mass is 322 g/mol. The summed E-state index contributed by atoms with van der Waals surface area (Å²) in [6, 6.07) is 0. The molecule has 0 aromatic rings. The van der Waals surface area contributed by atoms with E-state index in [2.05, 4.69) is 4.74 Å². The van der Waals surface area contributed by atoms with E-state index in [9.17, 15) is 23.5 Å². The number of rotatable bonds is 3. The van der Waals surface area contributed by atoms with Gasteiger partial charge < -0.3 is 24.4 Å². The normalized spacial score (nSPS) is 21.4. The number of amides is 2. The average Bonchev–Trinajstić information content (AvgIpc) is 2.25. The molecule has 0 spiro atoms. The molecule has 1 N–H and O–H groups in total. The Morgan fingerprint density at radius 3 is 2.23 bits per heavy atom. The summed E-state index contributed by atoms with van der Waals surface area (Å²) in [4.78, 5) is 26.3. The lowest BCUT2D eigenvalue weighted by molar-refractivity contribution is -0.210. The molecule has 2 aliphatic heterocycles. The van der Waals surface area contributed by atoms with Crippen LogP contribution in [0, 0.1) is 0 Å². The minimum atomic E-state index is -2.88. The topological polar surface area (TPSA) is 79.3 Å². The van der Waals surface area contributed by atoms with E-state index in [4.69, 9.17) is 4.74 Å². The zero-order valence-electron chi connectivity index (χ0n) is 12.7. The fourth-order valence-electron chi connectivity index (χ4n) is 2.31. The van der Waals surface area contributed by atoms with Crippen molar-refractivity contribution in [2.75, 3.05) is 26.2 Å². The standard InChI is InChI=1S/C13H20F2N2O5/c1-12(2,3)22-11(19)17-6-13(20,7-17)9(18)16-4-8(5-16)21-10(14)15/h8,10,20H,4-7H2,1-3H3. The lowest BCUT2D eigenvalue weighted by atomic mass is 9.91. The van der Waals surface area contributed by atoms with E-state index in [0.717, 1.165) is 0 Å². The summed E-state index contributed by atoms with van der Waals surface area (Å²) in [7, 11) is 0. The molecule has 2 heterocycles. The van der Waals surface area contributed by atoms with Crippen LogP contribution in [-0.4, -0.2) is 77.0 Å². The minimum absolute atomic E-state index is 0.0118. The second-order valence-corrected chi connectivity index (χ2v) is 6.60. The lowest BCUT2D eigenvalue weighted by Crippen LogP contribution is -2.73. The number of nitrogens with zero attached hydrogens (tertiary/aromatic N) is 2. The molecule has 0 aliphatic carbocycles. The van der Waals surface area contributed by atoms with Gasteiger partial charge in [-0.3, -0.25) is 4.79 Å². The van der Waals surface area contributed by atoms with Crippen LogP contribution < -0.4 is 0 Å². The number of carbonyl (C=O) groups excluding carboxylic acids is 2. The third-order valence-electron chi connectivity index (χ3n) is 3.39. The number of halogens is 2. The van der Waals surface area contributed by atoms with Gasteiger partial charge in [0.25, 0.3) is 5.91 Å². The number of hydrogen-bond donors (Lipinski definition) is 1. The number of likely N-dealkylation sites (tertiary alicyclic amines) is 2. The van der Waals surface area contributed by atoms with Gasteiger partial charge >= 0.3 is 12.7 Å². The van der Waals surface area contributed by atoms with Crippen molar-refractivity contribution in [1.29, 1.82) is 0 Å². The highest BCUT2D eigenvalue weighted by Gasteiger charge is 2.54. The Balaban J connectivity index is 1.78. The fraction of sp³-hybridized carbons (Fsp3) is 0.846. The van der Waals surface area contributed by atoms with Crippen LogP contribution in [0.25, 0.3) is 0 Å². The van der Waals surface area contributed by atoms with Gasteiger partial charge in [0.15, 0.2) is 5.60 Å². The van der Waals surface area contributed by atoms with Crippen molar-refractivity contribution in [2.45, 2.75) is 44.7 Å². The number of alkyl halides is 2. The average molecular weight is 322 g/mol. The van der Waals surface area contributed by atoms with Gasteiger partial charge in [0.1, 0.15) is 5.60 Å². The first-order valence-corrected chi connectivity index (χ1v) is 6.93. The Morgan fingerprint density at radius 2 is 1.77 bits per heavy atom. The summed E-state index contributed by atoms with van der Waals surface area (Å²) in [6.07, 6.45) is -1.32. The van der Waals surface area contributed by atoms with E-state index in [-0.39, 0.29) is 26.2 Å². The molecule has 2 rings (SSSR count). The van der Waals surface area contributed by atoms with Crippen LogP contribution in [0.3, 0.4) is 0 Å². The summed E-state index contributed by atoms with van der Waals surface area (Å²) >= 11 is 0. The second kappa shape index (κ2) is 5.62. The van der Waals surface area contributed by atoms with Gasteiger partial charge in [-0.15, -0.1) is 0 Å². The van der Waals surface area contributed by atoms with Crippen LogP contribution in [0.4, 0.5) is 13.6 Å². The second-order valence-electron chi connectivity index (χ2n) is 6.60. The molecule has 0 atom stereocenters. The highest BCUT2D eigenvalue weighted by Crippen LogP contribution is 2.28.